The molecule has 0 saturated carbocycles. The van der Waals surface area contributed by atoms with E-state index in [1.807, 2.05) is 25.1 Å². The van der Waals surface area contributed by atoms with Crippen LogP contribution in [0.1, 0.15) is 30.5 Å². The van der Waals surface area contributed by atoms with E-state index < -0.39 is 0 Å². The summed E-state index contributed by atoms with van der Waals surface area (Å²) in [7, 11) is 0. The average molecular weight is 243 g/mol. The summed E-state index contributed by atoms with van der Waals surface area (Å²) >= 11 is 6.07. The highest BCUT2D eigenvalue weighted by atomic mass is 35.5. The zero-order chi connectivity index (χ0) is 12.0. The van der Waals surface area contributed by atoms with E-state index in [4.69, 9.17) is 22.2 Å². The van der Waals surface area contributed by atoms with E-state index in [1.54, 1.807) is 0 Å². The van der Waals surface area contributed by atoms with Crippen molar-refractivity contribution in [2.45, 2.75) is 26.3 Å². The van der Waals surface area contributed by atoms with Gasteiger partial charge in [-0.05, 0) is 30.5 Å². The molecule has 0 aromatic heterocycles. The molecule has 0 fully saturated rings. The lowest BCUT2D eigenvalue weighted by Gasteiger charge is -2.17. The molecule has 3 nitrogen and oxygen atoms in total. The number of hydrazine groups is 1. The van der Waals surface area contributed by atoms with Crippen molar-refractivity contribution >= 4 is 11.6 Å². The zero-order valence-electron chi connectivity index (χ0n) is 9.79. The lowest BCUT2D eigenvalue weighted by Crippen LogP contribution is -2.31. The predicted molar refractivity (Wildman–Crippen MR) is 67.4 cm³/mol. The number of hydrogen-bond acceptors (Lipinski definition) is 3. The predicted octanol–water partition coefficient (Wildman–Crippen LogP) is 2.58. The number of benzene rings is 1. The molecule has 0 amide bonds. The maximum atomic E-state index is 6.07. The Labute approximate surface area is 102 Å². The highest BCUT2D eigenvalue weighted by Gasteiger charge is 2.10. The van der Waals surface area contributed by atoms with Gasteiger partial charge in [0.1, 0.15) is 0 Å². The van der Waals surface area contributed by atoms with E-state index in [2.05, 4.69) is 12.3 Å². The largest absolute Gasteiger partial charge is 0.379 e. The second-order valence-corrected chi connectivity index (χ2v) is 4.21. The maximum Gasteiger partial charge on any atom is 0.0694 e. The van der Waals surface area contributed by atoms with Gasteiger partial charge in [-0.25, -0.2) is 0 Å². The summed E-state index contributed by atoms with van der Waals surface area (Å²) in [6, 6.07) is 5.92. The topological polar surface area (TPSA) is 47.3 Å². The quantitative estimate of drug-likeness (QED) is 0.458. The van der Waals surface area contributed by atoms with Gasteiger partial charge in [-0.15, -0.1) is 0 Å². The van der Waals surface area contributed by atoms with E-state index in [-0.39, 0.29) is 6.04 Å². The van der Waals surface area contributed by atoms with Gasteiger partial charge >= 0.3 is 0 Å². The monoisotopic (exact) mass is 242 g/mol. The summed E-state index contributed by atoms with van der Waals surface area (Å²) in [6.07, 6.45) is 1.01. The minimum absolute atomic E-state index is 0.00958. The van der Waals surface area contributed by atoms with Crippen LogP contribution in [0, 0.1) is 6.92 Å². The summed E-state index contributed by atoms with van der Waals surface area (Å²) in [4.78, 5) is 0. The SMILES string of the molecule is CCCOCC(NN)c1ccc(C)c(Cl)c1. The lowest BCUT2D eigenvalue weighted by atomic mass is 10.1. The molecule has 1 atom stereocenters. The van der Waals surface area contributed by atoms with E-state index in [0.717, 1.165) is 29.2 Å². The molecule has 3 N–H and O–H groups in total. The fraction of sp³-hybridized carbons (Fsp3) is 0.500. The van der Waals surface area contributed by atoms with E-state index in [1.165, 1.54) is 0 Å². The number of nitrogens with two attached hydrogens (primary N) is 1. The van der Waals surface area contributed by atoms with Crippen molar-refractivity contribution in [3.8, 4) is 0 Å². The summed E-state index contributed by atoms with van der Waals surface area (Å²) in [5.41, 5.74) is 4.86. The van der Waals surface area contributed by atoms with E-state index in [9.17, 15) is 0 Å². The molecule has 0 aliphatic carbocycles. The van der Waals surface area contributed by atoms with Crippen LogP contribution in [0.15, 0.2) is 18.2 Å². The Kier molecular flexibility index (Phi) is 5.77. The maximum absolute atomic E-state index is 6.07. The minimum Gasteiger partial charge on any atom is -0.379 e. The van der Waals surface area contributed by atoms with Gasteiger partial charge in [0.05, 0.1) is 12.6 Å². The number of rotatable bonds is 6. The van der Waals surface area contributed by atoms with Gasteiger partial charge in [-0.1, -0.05) is 30.7 Å². The number of ether oxygens (including phenoxy) is 1. The number of hydrogen-bond donors (Lipinski definition) is 2. The highest BCUT2D eigenvalue weighted by Crippen LogP contribution is 2.21. The molecule has 0 bridgehead atoms. The number of nitrogens with one attached hydrogen (secondary N) is 1. The molecule has 0 spiro atoms. The first kappa shape index (κ1) is 13.5. The molecule has 0 radical (unpaired) electrons. The van der Waals surface area contributed by atoms with Crippen LogP contribution in [-0.4, -0.2) is 13.2 Å². The summed E-state index contributed by atoms with van der Waals surface area (Å²) in [5.74, 6) is 5.50. The van der Waals surface area contributed by atoms with Crippen LogP contribution in [0.5, 0.6) is 0 Å². The molecule has 1 rings (SSSR count). The number of aryl methyl sites for hydroxylation is 1. The molecule has 0 aliphatic rings. The standard InChI is InChI=1S/C12H19ClN2O/c1-3-6-16-8-12(15-14)10-5-4-9(2)11(13)7-10/h4-5,7,12,15H,3,6,8,14H2,1-2H3. The van der Waals surface area contributed by atoms with Crippen LogP contribution >= 0.6 is 11.6 Å². The van der Waals surface area contributed by atoms with Crippen molar-refractivity contribution < 1.29 is 4.74 Å². The smallest absolute Gasteiger partial charge is 0.0694 e. The Morgan fingerprint density at radius 2 is 2.25 bits per heavy atom. The normalized spacial score (nSPS) is 12.8. The second kappa shape index (κ2) is 6.86. The lowest BCUT2D eigenvalue weighted by molar-refractivity contribution is 0.112. The molecule has 0 aliphatic heterocycles. The Balaban J connectivity index is 2.67. The molecule has 16 heavy (non-hydrogen) atoms. The van der Waals surface area contributed by atoms with Crippen LogP contribution in [0.3, 0.4) is 0 Å². The fourth-order valence-electron chi connectivity index (χ4n) is 1.41. The van der Waals surface area contributed by atoms with Crippen molar-refractivity contribution in [1.82, 2.24) is 5.43 Å². The summed E-state index contributed by atoms with van der Waals surface area (Å²) in [6.45, 7) is 5.36. The first-order valence-electron chi connectivity index (χ1n) is 5.49. The molecular formula is C12H19ClN2O. The van der Waals surface area contributed by atoms with Gasteiger partial charge in [0.25, 0.3) is 0 Å². The third-order valence-electron chi connectivity index (χ3n) is 2.43. The minimum atomic E-state index is -0.00958. The Morgan fingerprint density at radius 3 is 2.81 bits per heavy atom. The van der Waals surface area contributed by atoms with Crippen molar-refractivity contribution in [2.24, 2.45) is 5.84 Å². The molecule has 1 aromatic carbocycles. The molecular weight excluding hydrogens is 224 g/mol. The van der Waals surface area contributed by atoms with Crippen molar-refractivity contribution in [3.63, 3.8) is 0 Å². The van der Waals surface area contributed by atoms with Gasteiger partial charge in [0.2, 0.25) is 0 Å². The van der Waals surface area contributed by atoms with Crippen LogP contribution in [0.2, 0.25) is 5.02 Å². The van der Waals surface area contributed by atoms with Gasteiger partial charge in [0.15, 0.2) is 0 Å². The van der Waals surface area contributed by atoms with Gasteiger partial charge < -0.3 is 4.74 Å². The van der Waals surface area contributed by atoms with Crippen molar-refractivity contribution in [2.75, 3.05) is 13.2 Å². The summed E-state index contributed by atoms with van der Waals surface area (Å²) < 4.78 is 5.47. The first-order valence-corrected chi connectivity index (χ1v) is 5.86. The fourth-order valence-corrected chi connectivity index (χ4v) is 1.60. The average Bonchev–Trinajstić information content (AvgIpc) is 2.29. The number of halogens is 1. The molecule has 1 unspecified atom stereocenters. The zero-order valence-corrected chi connectivity index (χ0v) is 10.6. The third kappa shape index (κ3) is 3.76. The Bertz CT molecular complexity index is 331. The molecule has 1 aromatic rings. The van der Waals surface area contributed by atoms with Crippen LogP contribution < -0.4 is 11.3 Å². The second-order valence-electron chi connectivity index (χ2n) is 3.80. The van der Waals surface area contributed by atoms with E-state index >= 15 is 0 Å². The van der Waals surface area contributed by atoms with Gasteiger partial charge in [-0.3, -0.25) is 11.3 Å². The molecule has 0 saturated heterocycles. The van der Waals surface area contributed by atoms with Crippen LogP contribution in [0.4, 0.5) is 0 Å². The van der Waals surface area contributed by atoms with Crippen molar-refractivity contribution in [1.29, 1.82) is 0 Å². The molecule has 0 heterocycles. The summed E-state index contributed by atoms with van der Waals surface area (Å²) in [5, 5.41) is 0.758. The highest BCUT2D eigenvalue weighted by molar-refractivity contribution is 6.31. The third-order valence-corrected chi connectivity index (χ3v) is 2.84. The molecule has 90 valence electrons. The van der Waals surface area contributed by atoms with Crippen molar-refractivity contribution in [3.05, 3.63) is 34.3 Å². The van der Waals surface area contributed by atoms with Gasteiger partial charge in [-0.2, -0.15) is 0 Å². The van der Waals surface area contributed by atoms with E-state index in [0.29, 0.717) is 6.61 Å². The Morgan fingerprint density at radius 1 is 1.50 bits per heavy atom. The Hall–Kier alpha value is -0.610. The van der Waals surface area contributed by atoms with Crippen LogP contribution in [-0.2, 0) is 4.74 Å². The first-order chi connectivity index (χ1) is 7.69. The molecule has 4 heteroatoms. The van der Waals surface area contributed by atoms with Gasteiger partial charge in [0, 0.05) is 11.6 Å². The van der Waals surface area contributed by atoms with Crippen LogP contribution in [0.25, 0.3) is 0 Å².